The molecule has 3 atom stereocenters. The maximum absolute atomic E-state index is 14.5. The van der Waals surface area contributed by atoms with Gasteiger partial charge in [-0.3, -0.25) is 4.79 Å². The highest BCUT2D eigenvalue weighted by molar-refractivity contribution is 5.98. The van der Waals surface area contributed by atoms with Crippen molar-refractivity contribution in [2.45, 2.75) is 63.3 Å². The van der Waals surface area contributed by atoms with Crippen LogP contribution in [0.15, 0.2) is 89.8 Å². The fraction of sp³-hybridized carbons (Fsp3) is 0.371. The van der Waals surface area contributed by atoms with E-state index in [0.717, 1.165) is 36.8 Å². The van der Waals surface area contributed by atoms with Crippen LogP contribution in [0.5, 0.6) is 0 Å². The number of rotatable bonds is 8. The number of alkyl carbamates (subject to hydrolysis) is 1. The lowest BCUT2D eigenvalue weighted by Gasteiger charge is -2.40. The van der Waals surface area contributed by atoms with Crippen molar-refractivity contribution in [2.75, 3.05) is 19.6 Å². The summed E-state index contributed by atoms with van der Waals surface area (Å²) in [5, 5.41) is 12.5. The summed E-state index contributed by atoms with van der Waals surface area (Å²) in [5.74, 6) is 0.388. The van der Waals surface area contributed by atoms with Crippen molar-refractivity contribution in [3.63, 3.8) is 0 Å². The van der Waals surface area contributed by atoms with Crippen molar-refractivity contribution in [1.29, 1.82) is 0 Å². The summed E-state index contributed by atoms with van der Waals surface area (Å²) in [5.41, 5.74) is 2.83. The van der Waals surface area contributed by atoms with E-state index in [1.807, 2.05) is 65.2 Å². The molecule has 6 rings (SSSR count). The molecule has 46 heavy (non-hydrogen) atoms. The molecule has 2 aromatic heterocycles. The van der Waals surface area contributed by atoms with Crippen LogP contribution in [0, 0.1) is 0 Å². The highest BCUT2D eigenvalue weighted by atomic mass is 16.6. The predicted octanol–water partition coefficient (Wildman–Crippen LogP) is 5.99. The third-order valence-electron chi connectivity index (χ3n) is 8.89. The Balaban J connectivity index is 1.31. The molecular weight excluding hydrogens is 586 g/mol. The number of aromatic nitrogens is 2. The molecule has 3 amide bonds. The van der Waals surface area contributed by atoms with Crippen molar-refractivity contribution in [1.82, 2.24) is 24.7 Å². The highest BCUT2D eigenvalue weighted by Gasteiger charge is 2.37. The minimum Gasteiger partial charge on any atom is -0.467 e. The molecule has 2 aliphatic rings. The zero-order valence-corrected chi connectivity index (χ0v) is 25.7. The van der Waals surface area contributed by atoms with Gasteiger partial charge >= 0.3 is 12.2 Å². The molecule has 0 spiro atoms. The van der Waals surface area contributed by atoms with Gasteiger partial charge in [0.25, 0.3) is 5.91 Å². The molecular formula is C35H39N5O6. The second-order valence-corrected chi connectivity index (χ2v) is 11.9. The van der Waals surface area contributed by atoms with E-state index in [4.69, 9.17) is 14.1 Å². The maximum atomic E-state index is 14.5. The number of carbonyl (C=O) groups excluding carboxylic acids is 2. The summed E-state index contributed by atoms with van der Waals surface area (Å²) >= 11 is 0. The summed E-state index contributed by atoms with van der Waals surface area (Å²) < 4.78 is 13.4. The van der Waals surface area contributed by atoms with Crippen LogP contribution in [0.3, 0.4) is 0 Å². The number of nitrogens with zero attached hydrogens (tertiary/aromatic N) is 4. The molecule has 2 fully saturated rings. The van der Waals surface area contributed by atoms with Gasteiger partial charge in [0.2, 0.25) is 0 Å². The van der Waals surface area contributed by atoms with Crippen LogP contribution >= 0.6 is 0 Å². The fourth-order valence-electron chi connectivity index (χ4n) is 6.61. The standard InChI is InChI=1S/C35H39N5O6/c41-33(39-19-18-38(35(43)44)23-27(39)21-25-11-4-1-5-12-25)31-32(26-13-6-2-7-14-26)40(24-37-31)29-16-8-3-9-17-30(29)46-34(42)36-22-28-15-10-20-45-28/h1-2,4-7,10-15,20,24,27,29-30H,3,8-9,16-19,21-23H2,(H,36,42)(H,43,44)/t27-,29-,30-/m1/s1. The Labute approximate surface area is 267 Å². The van der Waals surface area contributed by atoms with Gasteiger partial charge in [-0.1, -0.05) is 73.5 Å². The SMILES string of the molecule is O=C(NCc1ccco1)O[C@@H]1CCCCC[C@H]1n1cnc(C(=O)N2CCN(C(=O)O)C[C@H]2Cc2ccccc2)c1-c1ccccc1. The molecule has 1 saturated carbocycles. The largest absolute Gasteiger partial charge is 0.467 e. The smallest absolute Gasteiger partial charge is 0.407 e. The number of hydrogen-bond acceptors (Lipinski definition) is 6. The Morgan fingerprint density at radius 3 is 2.43 bits per heavy atom. The maximum Gasteiger partial charge on any atom is 0.407 e. The second-order valence-electron chi connectivity index (χ2n) is 11.9. The lowest BCUT2D eigenvalue weighted by Crippen LogP contribution is -2.57. The first-order valence-electron chi connectivity index (χ1n) is 15.9. The average molecular weight is 626 g/mol. The molecule has 1 saturated heterocycles. The minimum atomic E-state index is -0.994. The van der Waals surface area contributed by atoms with E-state index in [-0.39, 0.29) is 44.2 Å². The van der Waals surface area contributed by atoms with Gasteiger partial charge in [-0.05, 0) is 43.4 Å². The van der Waals surface area contributed by atoms with E-state index >= 15 is 0 Å². The Morgan fingerprint density at radius 1 is 0.935 bits per heavy atom. The van der Waals surface area contributed by atoms with E-state index in [1.54, 1.807) is 29.6 Å². The molecule has 240 valence electrons. The van der Waals surface area contributed by atoms with Gasteiger partial charge in [0, 0.05) is 25.2 Å². The van der Waals surface area contributed by atoms with E-state index < -0.39 is 18.3 Å². The number of carbonyl (C=O) groups is 3. The lowest BCUT2D eigenvalue weighted by molar-refractivity contribution is 0.0446. The molecule has 0 bridgehead atoms. The summed E-state index contributed by atoms with van der Waals surface area (Å²) in [7, 11) is 0. The van der Waals surface area contributed by atoms with Gasteiger partial charge in [-0.25, -0.2) is 14.6 Å². The van der Waals surface area contributed by atoms with Gasteiger partial charge in [0.1, 0.15) is 11.9 Å². The molecule has 3 heterocycles. The van der Waals surface area contributed by atoms with Crippen molar-refractivity contribution < 1.29 is 28.6 Å². The number of hydrogen-bond donors (Lipinski definition) is 2. The molecule has 11 nitrogen and oxygen atoms in total. The normalized spacial score (nSPS) is 20.1. The van der Waals surface area contributed by atoms with Crippen LogP contribution in [0.25, 0.3) is 11.3 Å². The number of furan rings is 1. The first kappa shape index (κ1) is 30.9. The van der Waals surface area contributed by atoms with Gasteiger partial charge in [0.05, 0.1) is 36.9 Å². The molecule has 2 aromatic carbocycles. The number of imidazole rings is 1. The molecule has 1 aliphatic carbocycles. The first-order valence-corrected chi connectivity index (χ1v) is 15.9. The summed E-state index contributed by atoms with van der Waals surface area (Å²) in [6.45, 7) is 0.915. The minimum absolute atomic E-state index is 0.211. The van der Waals surface area contributed by atoms with Gasteiger partial charge in [0.15, 0.2) is 5.69 Å². The van der Waals surface area contributed by atoms with Crippen LogP contribution in [0.4, 0.5) is 9.59 Å². The molecule has 4 aromatic rings. The fourth-order valence-corrected chi connectivity index (χ4v) is 6.61. The molecule has 0 radical (unpaired) electrons. The quantitative estimate of drug-likeness (QED) is 0.230. The van der Waals surface area contributed by atoms with Crippen LogP contribution in [-0.4, -0.2) is 74.3 Å². The lowest BCUT2D eigenvalue weighted by atomic mass is 10.0. The summed E-state index contributed by atoms with van der Waals surface area (Å²) in [4.78, 5) is 47.2. The van der Waals surface area contributed by atoms with Crippen molar-refractivity contribution >= 4 is 18.1 Å². The summed E-state index contributed by atoms with van der Waals surface area (Å²) in [6.07, 6.45) is 6.16. The van der Waals surface area contributed by atoms with Crippen LogP contribution in [0.2, 0.25) is 0 Å². The number of nitrogens with one attached hydrogen (secondary N) is 1. The van der Waals surface area contributed by atoms with E-state index in [0.29, 0.717) is 30.0 Å². The number of ether oxygens (including phenoxy) is 1. The van der Waals surface area contributed by atoms with Crippen LogP contribution in [0.1, 0.15) is 60.0 Å². The predicted molar refractivity (Wildman–Crippen MR) is 170 cm³/mol. The van der Waals surface area contributed by atoms with E-state index in [9.17, 15) is 19.5 Å². The van der Waals surface area contributed by atoms with Crippen molar-refractivity contribution in [3.05, 3.63) is 102 Å². The summed E-state index contributed by atoms with van der Waals surface area (Å²) in [6, 6.07) is 22.4. The Hall–Kier alpha value is -5.06. The van der Waals surface area contributed by atoms with Crippen molar-refractivity contribution in [3.8, 4) is 11.3 Å². The Bertz CT molecular complexity index is 1610. The van der Waals surface area contributed by atoms with Gasteiger partial charge < -0.3 is 33.9 Å². The average Bonchev–Trinajstić information content (AvgIpc) is 3.71. The number of amides is 3. The third kappa shape index (κ3) is 7.09. The Kier molecular flexibility index (Phi) is 9.66. The van der Waals surface area contributed by atoms with Crippen molar-refractivity contribution in [2.24, 2.45) is 0 Å². The first-order chi connectivity index (χ1) is 22.5. The molecule has 2 N–H and O–H groups in total. The van der Waals surface area contributed by atoms with E-state index in [2.05, 4.69) is 5.32 Å². The monoisotopic (exact) mass is 625 g/mol. The number of piperazine rings is 1. The topological polar surface area (TPSA) is 130 Å². The van der Waals surface area contributed by atoms with E-state index in [1.165, 1.54) is 4.90 Å². The zero-order chi connectivity index (χ0) is 31.9. The number of benzene rings is 2. The van der Waals surface area contributed by atoms with Gasteiger partial charge in [-0.15, -0.1) is 0 Å². The number of carboxylic acid groups (broad SMARTS) is 1. The molecule has 11 heteroatoms. The molecule has 1 aliphatic heterocycles. The second kappa shape index (κ2) is 14.4. The van der Waals surface area contributed by atoms with Crippen LogP contribution in [-0.2, 0) is 17.7 Å². The Morgan fingerprint density at radius 2 is 1.70 bits per heavy atom. The third-order valence-corrected chi connectivity index (χ3v) is 8.89. The molecule has 0 unspecified atom stereocenters. The zero-order valence-electron chi connectivity index (χ0n) is 25.7. The highest BCUT2D eigenvalue weighted by Crippen LogP contribution is 2.36. The van der Waals surface area contributed by atoms with Gasteiger partial charge in [-0.2, -0.15) is 0 Å². The van der Waals surface area contributed by atoms with Crippen LogP contribution < -0.4 is 5.32 Å².